The summed E-state index contributed by atoms with van der Waals surface area (Å²) in [5.74, 6) is 0. The predicted octanol–water partition coefficient (Wildman–Crippen LogP) is -2.48. The summed E-state index contributed by atoms with van der Waals surface area (Å²) in [5.41, 5.74) is 0. The first-order chi connectivity index (χ1) is 2.27. The first kappa shape index (κ1) is 5.76. The molecule has 0 aliphatic carbocycles. The van der Waals surface area contributed by atoms with Gasteiger partial charge in [-0.2, -0.15) is 0 Å². The zero-order chi connectivity index (χ0) is 4.28. The first-order valence-electron chi connectivity index (χ1n) is 0.988. The van der Waals surface area contributed by atoms with Gasteiger partial charge in [0, 0.05) is 0 Å². The molecule has 0 fully saturated rings. The second-order valence-electron chi connectivity index (χ2n) is 0.462. The van der Waals surface area contributed by atoms with E-state index in [2.05, 4.69) is 2.93 Å². The number of hydrogen-bond donors (Lipinski definition) is 2. The third kappa shape index (κ3) is 4.76. The molecule has 5 heavy (non-hydrogen) atoms. The minimum atomic E-state index is -1.56. The normalized spacial score (nSPS) is 7.80. The molecule has 0 amide bonds. The molecule has 0 radical (unpaired) electrons. The fourth-order valence-corrected chi connectivity index (χ4v) is 0. The molecule has 5 heteroatoms. The van der Waals surface area contributed by atoms with Gasteiger partial charge in [-0.15, -0.1) is 0 Å². The summed E-state index contributed by atoms with van der Waals surface area (Å²) in [5, 5.41) is 15.5. The van der Waals surface area contributed by atoms with Gasteiger partial charge in [-0.25, -0.2) is 0 Å². The summed E-state index contributed by atoms with van der Waals surface area (Å²) in [6.45, 7) is 0. The van der Waals surface area contributed by atoms with Crippen LogP contribution in [0.5, 0.6) is 0 Å². The Morgan fingerprint density at radius 1 is 1.60 bits per heavy atom. The van der Waals surface area contributed by atoms with Gasteiger partial charge in [0.2, 0.25) is 0 Å². The van der Waals surface area contributed by atoms with Gasteiger partial charge in [0.15, 0.2) is 0 Å². The van der Waals surface area contributed by atoms with E-state index in [1.807, 2.05) is 0 Å². The van der Waals surface area contributed by atoms with Gasteiger partial charge in [-0.1, -0.05) is 0 Å². The second kappa shape index (κ2) is 2.97. The molecule has 0 saturated carbocycles. The fourth-order valence-electron chi connectivity index (χ4n) is 0. The van der Waals surface area contributed by atoms with Crippen LogP contribution < -0.4 is 0 Å². The van der Waals surface area contributed by atoms with Crippen LogP contribution in [0.1, 0.15) is 0 Å². The van der Waals surface area contributed by atoms with Gasteiger partial charge >= 0.3 is 43.7 Å². The van der Waals surface area contributed by atoms with Crippen molar-refractivity contribution in [1.29, 1.82) is 0 Å². The monoisotopic (exact) mass is 184 g/mol. The SMILES string of the molecule is OB(O)[O][SbH2]. The Morgan fingerprint density at radius 3 is 1.80 bits per heavy atom. The quantitative estimate of drug-likeness (QED) is 0.444. The van der Waals surface area contributed by atoms with Crippen molar-refractivity contribution in [2.75, 3.05) is 0 Å². The molecule has 0 heterocycles. The van der Waals surface area contributed by atoms with Gasteiger partial charge in [-0.05, 0) is 0 Å². The summed E-state index contributed by atoms with van der Waals surface area (Å²) < 4.78 is 3.99. The molecule has 0 aromatic heterocycles. The van der Waals surface area contributed by atoms with E-state index in [0.29, 0.717) is 23.4 Å². The molecule has 0 aliphatic heterocycles. The van der Waals surface area contributed by atoms with Crippen molar-refractivity contribution in [2.24, 2.45) is 0 Å². The Kier molecular flexibility index (Phi) is 3.43. The Hall–Kier alpha value is 0.763. The molecule has 0 spiro atoms. The van der Waals surface area contributed by atoms with Crippen LogP contribution in [-0.2, 0) is 2.93 Å². The van der Waals surface area contributed by atoms with Crippen LogP contribution in [0.15, 0.2) is 0 Å². The van der Waals surface area contributed by atoms with Crippen LogP contribution in [0.4, 0.5) is 0 Å². The van der Waals surface area contributed by atoms with E-state index in [9.17, 15) is 0 Å². The van der Waals surface area contributed by atoms with Gasteiger partial charge in [0.05, 0.1) is 0 Å². The van der Waals surface area contributed by atoms with Crippen LogP contribution in [-0.4, -0.2) is 40.8 Å². The van der Waals surface area contributed by atoms with E-state index in [4.69, 9.17) is 10.0 Å². The topological polar surface area (TPSA) is 49.7 Å². The first-order valence-corrected chi connectivity index (χ1v) is 2.33. The van der Waals surface area contributed by atoms with E-state index < -0.39 is 7.32 Å². The van der Waals surface area contributed by atoms with E-state index in [-0.39, 0.29) is 0 Å². The summed E-state index contributed by atoms with van der Waals surface area (Å²) >= 11 is 0.426. The van der Waals surface area contributed by atoms with Gasteiger partial charge < -0.3 is 0 Å². The van der Waals surface area contributed by atoms with Crippen molar-refractivity contribution < 1.29 is 13.0 Å². The predicted molar refractivity (Wildman–Crippen MR) is 19.8 cm³/mol. The molecule has 0 bridgehead atoms. The molecule has 0 atom stereocenters. The van der Waals surface area contributed by atoms with Crippen LogP contribution in [0.2, 0.25) is 0 Å². The molecule has 2 N–H and O–H groups in total. The van der Waals surface area contributed by atoms with Crippen molar-refractivity contribution in [1.82, 2.24) is 0 Å². The van der Waals surface area contributed by atoms with Crippen LogP contribution in [0, 0.1) is 0 Å². The minimum absolute atomic E-state index is 0.426. The molecular weight excluding hydrogens is 181 g/mol. The molecule has 3 nitrogen and oxygen atoms in total. The van der Waals surface area contributed by atoms with E-state index in [1.54, 1.807) is 0 Å². The maximum atomic E-state index is 7.73. The van der Waals surface area contributed by atoms with E-state index >= 15 is 0 Å². The van der Waals surface area contributed by atoms with Gasteiger partial charge in [0.25, 0.3) is 0 Å². The molecule has 0 aromatic carbocycles. The third-order valence-electron chi connectivity index (χ3n) is 0.122. The fraction of sp³-hybridized carbons (Fsp3) is 0. The maximum absolute atomic E-state index is 7.73. The van der Waals surface area contributed by atoms with E-state index in [0.717, 1.165) is 0 Å². The summed E-state index contributed by atoms with van der Waals surface area (Å²) in [6, 6.07) is 0. The van der Waals surface area contributed by atoms with Crippen molar-refractivity contribution in [2.45, 2.75) is 0 Å². The van der Waals surface area contributed by atoms with Crippen molar-refractivity contribution in [3.05, 3.63) is 0 Å². The Morgan fingerprint density at radius 2 is 1.80 bits per heavy atom. The molecule has 0 aliphatic rings. The van der Waals surface area contributed by atoms with Crippen molar-refractivity contribution in [3.8, 4) is 0 Å². The molecule has 0 saturated heterocycles. The second-order valence-corrected chi connectivity index (χ2v) is 1.24. The van der Waals surface area contributed by atoms with Crippen LogP contribution >= 0.6 is 0 Å². The van der Waals surface area contributed by atoms with Crippen LogP contribution in [0.3, 0.4) is 0 Å². The molecule has 0 rings (SSSR count). The van der Waals surface area contributed by atoms with E-state index in [1.165, 1.54) is 0 Å². The zero-order valence-corrected chi connectivity index (χ0v) is 5.75. The molecule has 0 aromatic rings. The molecule has 30 valence electrons. The van der Waals surface area contributed by atoms with Crippen molar-refractivity contribution >= 4 is 30.8 Å². The zero-order valence-electron chi connectivity index (χ0n) is 2.46. The number of rotatable bonds is 1. The molecular formula is H4BO3Sb. The Labute approximate surface area is 44.2 Å². The average Bonchev–Trinajstić information content (AvgIpc) is 1.38. The van der Waals surface area contributed by atoms with Gasteiger partial charge in [0.1, 0.15) is 0 Å². The Balaban J connectivity index is 2.54. The third-order valence-corrected chi connectivity index (χ3v) is 0.816. The average molecular weight is 185 g/mol. The number of hydrogen-bond acceptors (Lipinski definition) is 3. The Bertz CT molecular complexity index is 20.9. The van der Waals surface area contributed by atoms with Crippen molar-refractivity contribution in [3.63, 3.8) is 0 Å². The standard InChI is InChI=1S/BH2O3.Sb.2H/c2-1(3)4;;;/h2-3H;;;/q-1;+1;;. The molecule has 0 unspecified atom stereocenters. The van der Waals surface area contributed by atoms with Gasteiger partial charge in [-0.3, -0.25) is 0 Å². The van der Waals surface area contributed by atoms with Crippen LogP contribution in [0.25, 0.3) is 0 Å². The summed E-state index contributed by atoms with van der Waals surface area (Å²) in [6.07, 6.45) is 0. The summed E-state index contributed by atoms with van der Waals surface area (Å²) in [4.78, 5) is 0. The summed E-state index contributed by atoms with van der Waals surface area (Å²) in [7, 11) is -1.56.